The largest absolute Gasteiger partial charge is 0.354 e. The minimum atomic E-state index is 0.662. The van der Waals surface area contributed by atoms with Gasteiger partial charge in [0.2, 0.25) is 5.95 Å². The first-order valence-corrected chi connectivity index (χ1v) is 5.80. The number of rotatable bonds is 4. The van der Waals surface area contributed by atoms with Crippen LogP contribution in [0.25, 0.3) is 5.82 Å². The monoisotopic (exact) mass is 231 g/mol. The zero-order chi connectivity index (χ0) is 12.3. The van der Waals surface area contributed by atoms with Crippen LogP contribution in [-0.4, -0.2) is 26.3 Å². The maximum atomic E-state index is 4.43. The van der Waals surface area contributed by atoms with Crippen LogP contribution in [0, 0.1) is 13.8 Å². The van der Waals surface area contributed by atoms with E-state index in [1.807, 2.05) is 32.3 Å². The van der Waals surface area contributed by atoms with Gasteiger partial charge >= 0.3 is 0 Å². The van der Waals surface area contributed by atoms with Crippen molar-refractivity contribution in [3.63, 3.8) is 0 Å². The third-order valence-corrected chi connectivity index (χ3v) is 2.32. The molecule has 90 valence electrons. The molecule has 2 aromatic heterocycles. The highest BCUT2D eigenvalue weighted by molar-refractivity contribution is 5.34. The summed E-state index contributed by atoms with van der Waals surface area (Å²) >= 11 is 0. The van der Waals surface area contributed by atoms with Crippen LogP contribution in [0.3, 0.4) is 0 Å². The summed E-state index contributed by atoms with van der Waals surface area (Å²) in [5.74, 6) is 1.46. The number of hydrogen-bond acceptors (Lipinski definition) is 4. The van der Waals surface area contributed by atoms with E-state index in [-0.39, 0.29) is 0 Å². The summed E-state index contributed by atoms with van der Waals surface area (Å²) in [7, 11) is 0. The van der Waals surface area contributed by atoms with E-state index in [4.69, 9.17) is 0 Å². The average molecular weight is 231 g/mol. The first kappa shape index (κ1) is 11.6. The van der Waals surface area contributed by atoms with Crippen molar-refractivity contribution in [3.8, 4) is 5.82 Å². The molecular formula is C12H17N5. The average Bonchev–Trinajstić information content (AvgIpc) is 2.72. The van der Waals surface area contributed by atoms with Gasteiger partial charge in [-0.2, -0.15) is 10.1 Å². The highest BCUT2D eigenvalue weighted by Crippen LogP contribution is 2.09. The molecule has 0 aromatic carbocycles. The van der Waals surface area contributed by atoms with E-state index in [2.05, 4.69) is 27.3 Å². The van der Waals surface area contributed by atoms with E-state index in [0.29, 0.717) is 5.95 Å². The van der Waals surface area contributed by atoms with E-state index in [1.165, 1.54) is 0 Å². The van der Waals surface area contributed by atoms with Crippen molar-refractivity contribution in [2.24, 2.45) is 0 Å². The van der Waals surface area contributed by atoms with E-state index in [0.717, 1.165) is 30.0 Å². The molecule has 2 rings (SSSR count). The fourth-order valence-corrected chi connectivity index (χ4v) is 1.52. The second-order valence-corrected chi connectivity index (χ2v) is 4.08. The smallest absolute Gasteiger partial charge is 0.224 e. The molecule has 0 atom stereocenters. The molecule has 17 heavy (non-hydrogen) atoms. The van der Waals surface area contributed by atoms with Gasteiger partial charge in [0, 0.05) is 24.5 Å². The van der Waals surface area contributed by atoms with Crippen LogP contribution in [0.4, 0.5) is 5.95 Å². The Labute approximate surface area is 101 Å². The van der Waals surface area contributed by atoms with Crippen molar-refractivity contribution in [1.29, 1.82) is 0 Å². The van der Waals surface area contributed by atoms with Gasteiger partial charge in [-0.3, -0.25) is 0 Å². The van der Waals surface area contributed by atoms with Crippen LogP contribution in [0.15, 0.2) is 18.5 Å². The highest BCUT2D eigenvalue weighted by Gasteiger charge is 2.04. The first-order chi connectivity index (χ1) is 8.19. The molecule has 0 spiro atoms. The van der Waals surface area contributed by atoms with E-state index in [9.17, 15) is 0 Å². The molecule has 0 radical (unpaired) electrons. The van der Waals surface area contributed by atoms with Crippen molar-refractivity contribution < 1.29 is 0 Å². The van der Waals surface area contributed by atoms with Gasteiger partial charge in [-0.15, -0.1) is 0 Å². The summed E-state index contributed by atoms with van der Waals surface area (Å²) in [6.07, 6.45) is 4.81. The van der Waals surface area contributed by atoms with Gasteiger partial charge in [0.05, 0.1) is 6.20 Å². The second-order valence-electron chi connectivity index (χ2n) is 4.08. The zero-order valence-corrected chi connectivity index (χ0v) is 10.4. The Morgan fingerprint density at radius 2 is 2.12 bits per heavy atom. The van der Waals surface area contributed by atoms with Crippen molar-refractivity contribution in [1.82, 2.24) is 19.7 Å². The standard InChI is InChI=1S/C12H17N5/c1-4-5-13-12-15-10(3)6-11(16-12)17-8-9(2)7-14-17/h6-8H,4-5H2,1-3H3,(H,13,15,16). The van der Waals surface area contributed by atoms with Gasteiger partial charge in [-0.1, -0.05) is 6.92 Å². The lowest BCUT2D eigenvalue weighted by Crippen LogP contribution is -2.08. The lowest BCUT2D eigenvalue weighted by Gasteiger charge is -2.07. The van der Waals surface area contributed by atoms with Gasteiger partial charge in [-0.25, -0.2) is 9.67 Å². The van der Waals surface area contributed by atoms with Gasteiger partial charge in [-0.05, 0) is 25.8 Å². The number of anilines is 1. The Hall–Kier alpha value is -1.91. The number of nitrogens with zero attached hydrogens (tertiary/aromatic N) is 4. The normalized spacial score (nSPS) is 10.5. The summed E-state index contributed by atoms with van der Waals surface area (Å²) in [6.45, 7) is 6.95. The summed E-state index contributed by atoms with van der Waals surface area (Å²) in [4.78, 5) is 8.77. The molecule has 5 heteroatoms. The molecule has 0 saturated heterocycles. The fraction of sp³-hybridized carbons (Fsp3) is 0.417. The predicted octanol–water partition coefficient (Wildman–Crippen LogP) is 2.10. The zero-order valence-electron chi connectivity index (χ0n) is 10.4. The fourth-order valence-electron chi connectivity index (χ4n) is 1.52. The van der Waals surface area contributed by atoms with Gasteiger partial charge < -0.3 is 5.32 Å². The minimum absolute atomic E-state index is 0.662. The Morgan fingerprint density at radius 3 is 2.76 bits per heavy atom. The molecule has 0 aliphatic heterocycles. The van der Waals surface area contributed by atoms with Crippen LogP contribution >= 0.6 is 0 Å². The third-order valence-electron chi connectivity index (χ3n) is 2.32. The lowest BCUT2D eigenvalue weighted by molar-refractivity contribution is 0.831. The summed E-state index contributed by atoms with van der Waals surface area (Å²) in [5.41, 5.74) is 2.05. The van der Waals surface area contributed by atoms with Gasteiger partial charge in [0.25, 0.3) is 0 Å². The SMILES string of the molecule is CCCNc1nc(C)cc(-n2cc(C)cn2)n1. The van der Waals surface area contributed by atoms with Gasteiger partial charge in [0.15, 0.2) is 5.82 Å². The predicted molar refractivity (Wildman–Crippen MR) is 67.4 cm³/mol. The number of nitrogens with one attached hydrogen (secondary N) is 1. The number of aryl methyl sites for hydroxylation is 2. The third kappa shape index (κ3) is 2.81. The van der Waals surface area contributed by atoms with E-state index < -0.39 is 0 Å². The summed E-state index contributed by atoms with van der Waals surface area (Å²) in [6, 6.07) is 1.92. The Kier molecular flexibility index (Phi) is 3.37. The first-order valence-electron chi connectivity index (χ1n) is 5.80. The summed E-state index contributed by atoms with van der Waals surface area (Å²) < 4.78 is 1.77. The molecule has 0 saturated carbocycles. The molecule has 2 aromatic rings. The van der Waals surface area contributed by atoms with Crippen LogP contribution in [0.5, 0.6) is 0 Å². The Morgan fingerprint density at radius 1 is 1.29 bits per heavy atom. The van der Waals surface area contributed by atoms with Crippen LogP contribution in [0.2, 0.25) is 0 Å². The second kappa shape index (κ2) is 4.95. The molecule has 1 N–H and O–H groups in total. The molecule has 2 heterocycles. The minimum Gasteiger partial charge on any atom is -0.354 e. The number of aromatic nitrogens is 4. The highest BCUT2D eigenvalue weighted by atomic mass is 15.3. The van der Waals surface area contributed by atoms with Crippen LogP contribution in [0.1, 0.15) is 24.6 Å². The van der Waals surface area contributed by atoms with E-state index >= 15 is 0 Å². The van der Waals surface area contributed by atoms with Crippen molar-refractivity contribution in [2.45, 2.75) is 27.2 Å². The molecule has 0 fully saturated rings. The van der Waals surface area contributed by atoms with Crippen molar-refractivity contribution in [3.05, 3.63) is 29.7 Å². The molecule has 0 bridgehead atoms. The van der Waals surface area contributed by atoms with E-state index in [1.54, 1.807) is 4.68 Å². The van der Waals surface area contributed by atoms with Crippen molar-refractivity contribution in [2.75, 3.05) is 11.9 Å². The van der Waals surface area contributed by atoms with Crippen LogP contribution < -0.4 is 5.32 Å². The Bertz CT molecular complexity index is 503. The quantitative estimate of drug-likeness (QED) is 0.875. The maximum Gasteiger partial charge on any atom is 0.224 e. The summed E-state index contributed by atoms with van der Waals surface area (Å²) in [5, 5.41) is 7.44. The molecule has 5 nitrogen and oxygen atoms in total. The molecular weight excluding hydrogens is 214 g/mol. The molecule has 0 unspecified atom stereocenters. The van der Waals surface area contributed by atoms with Crippen molar-refractivity contribution >= 4 is 5.95 Å². The molecule has 0 aliphatic rings. The lowest BCUT2D eigenvalue weighted by atomic mass is 10.4. The molecule has 0 amide bonds. The maximum absolute atomic E-state index is 4.43. The number of hydrogen-bond donors (Lipinski definition) is 1. The van der Waals surface area contributed by atoms with Crippen LogP contribution in [-0.2, 0) is 0 Å². The van der Waals surface area contributed by atoms with Gasteiger partial charge in [0.1, 0.15) is 0 Å². The topological polar surface area (TPSA) is 55.6 Å². The molecule has 0 aliphatic carbocycles. The Balaban J connectivity index is 2.31.